The molecular formula is C13H20FNO2. The van der Waals surface area contributed by atoms with Gasteiger partial charge in [-0.2, -0.15) is 0 Å². The van der Waals surface area contributed by atoms with Gasteiger partial charge in [0.25, 0.3) is 0 Å². The molecule has 0 unspecified atom stereocenters. The van der Waals surface area contributed by atoms with Gasteiger partial charge in [0, 0.05) is 5.56 Å². The minimum absolute atomic E-state index is 0.121. The lowest BCUT2D eigenvalue weighted by atomic mass is 9.97. The summed E-state index contributed by atoms with van der Waals surface area (Å²) in [6.45, 7) is 2.04. The maximum Gasteiger partial charge on any atom is 0.165 e. The minimum Gasteiger partial charge on any atom is -0.493 e. The van der Waals surface area contributed by atoms with Gasteiger partial charge in [-0.3, -0.25) is 0 Å². The lowest BCUT2D eigenvalue weighted by molar-refractivity contribution is 0.131. The zero-order valence-electron chi connectivity index (χ0n) is 10.3. The van der Waals surface area contributed by atoms with Gasteiger partial charge < -0.3 is 15.6 Å². The molecule has 0 aliphatic carbocycles. The van der Waals surface area contributed by atoms with Crippen molar-refractivity contribution in [2.45, 2.75) is 38.3 Å². The summed E-state index contributed by atoms with van der Waals surface area (Å²) >= 11 is 0. The van der Waals surface area contributed by atoms with Crippen molar-refractivity contribution in [3.63, 3.8) is 0 Å². The number of hydrogen-bond donors (Lipinski definition) is 2. The molecule has 4 heteroatoms. The maximum absolute atomic E-state index is 13.5. The third kappa shape index (κ3) is 3.41. The van der Waals surface area contributed by atoms with E-state index in [0.29, 0.717) is 12.0 Å². The van der Waals surface area contributed by atoms with E-state index in [1.807, 2.05) is 6.92 Å². The summed E-state index contributed by atoms with van der Waals surface area (Å²) in [7, 11) is 1.40. The van der Waals surface area contributed by atoms with E-state index in [0.717, 1.165) is 12.8 Å². The van der Waals surface area contributed by atoms with Crippen LogP contribution < -0.4 is 10.5 Å². The number of unbranched alkanes of at least 4 members (excludes halogenated alkanes) is 1. The number of ether oxygens (including phenoxy) is 1. The van der Waals surface area contributed by atoms with Crippen LogP contribution in [0.15, 0.2) is 18.2 Å². The molecule has 2 atom stereocenters. The van der Waals surface area contributed by atoms with Gasteiger partial charge >= 0.3 is 0 Å². The molecule has 96 valence electrons. The van der Waals surface area contributed by atoms with Crippen LogP contribution >= 0.6 is 0 Å². The van der Waals surface area contributed by atoms with E-state index in [1.165, 1.54) is 13.2 Å². The molecule has 0 saturated heterocycles. The monoisotopic (exact) mass is 241 g/mol. The van der Waals surface area contributed by atoms with Crippen molar-refractivity contribution in [3.05, 3.63) is 29.6 Å². The van der Waals surface area contributed by atoms with Crippen LogP contribution in [0.2, 0.25) is 0 Å². The van der Waals surface area contributed by atoms with Gasteiger partial charge in [-0.25, -0.2) is 4.39 Å². The number of rotatable bonds is 6. The first-order chi connectivity index (χ1) is 8.11. The van der Waals surface area contributed by atoms with Gasteiger partial charge in [0.2, 0.25) is 0 Å². The third-order valence-corrected chi connectivity index (χ3v) is 2.83. The largest absolute Gasteiger partial charge is 0.493 e. The Morgan fingerprint density at radius 2 is 2.18 bits per heavy atom. The Bertz CT molecular complexity index is 357. The molecule has 0 spiro atoms. The van der Waals surface area contributed by atoms with Crippen LogP contribution in [-0.2, 0) is 0 Å². The van der Waals surface area contributed by atoms with E-state index in [-0.39, 0.29) is 5.75 Å². The molecule has 0 heterocycles. The van der Waals surface area contributed by atoms with Crippen molar-refractivity contribution in [1.29, 1.82) is 0 Å². The van der Waals surface area contributed by atoms with Crippen molar-refractivity contribution in [2.75, 3.05) is 7.11 Å². The number of hydrogen-bond acceptors (Lipinski definition) is 3. The molecule has 1 aromatic rings. The number of benzene rings is 1. The van der Waals surface area contributed by atoms with Crippen LogP contribution in [0.4, 0.5) is 4.39 Å². The topological polar surface area (TPSA) is 55.5 Å². The highest BCUT2D eigenvalue weighted by Crippen LogP contribution is 2.29. The van der Waals surface area contributed by atoms with Gasteiger partial charge in [0.15, 0.2) is 11.6 Å². The second kappa shape index (κ2) is 6.57. The molecule has 0 fully saturated rings. The molecule has 0 aliphatic heterocycles. The Morgan fingerprint density at radius 3 is 2.76 bits per heavy atom. The third-order valence-electron chi connectivity index (χ3n) is 2.83. The number of methoxy groups -OCH3 is 1. The van der Waals surface area contributed by atoms with E-state index in [9.17, 15) is 9.50 Å². The van der Waals surface area contributed by atoms with Gasteiger partial charge in [-0.05, 0) is 12.5 Å². The lowest BCUT2D eigenvalue weighted by Gasteiger charge is -2.21. The summed E-state index contributed by atoms with van der Waals surface area (Å²) in [6, 6.07) is 3.95. The Balaban J connectivity index is 2.87. The van der Waals surface area contributed by atoms with Crippen LogP contribution in [-0.4, -0.2) is 18.3 Å². The molecule has 0 radical (unpaired) electrons. The molecule has 17 heavy (non-hydrogen) atoms. The van der Waals surface area contributed by atoms with Crippen molar-refractivity contribution in [2.24, 2.45) is 5.73 Å². The van der Waals surface area contributed by atoms with Crippen molar-refractivity contribution in [3.8, 4) is 5.75 Å². The molecule has 0 aromatic heterocycles. The summed E-state index contributed by atoms with van der Waals surface area (Å²) in [5.74, 6) is -0.335. The van der Waals surface area contributed by atoms with Crippen LogP contribution in [0.25, 0.3) is 0 Å². The van der Waals surface area contributed by atoms with E-state index in [1.54, 1.807) is 12.1 Å². The first kappa shape index (κ1) is 13.9. The highest BCUT2D eigenvalue weighted by atomic mass is 19.1. The standard InChI is InChI=1S/C13H20FNO2/c1-3-4-8-11(16)12(15)9-6-5-7-10(14)13(9)17-2/h5-7,11-12,16H,3-4,8,15H2,1-2H3/t11-,12+/m1/s1. The minimum atomic E-state index is -0.675. The normalized spacial score (nSPS) is 14.4. The molecule has 0 amide bonds. The predicted molar refractivity (Wildman–Crippen MR) is 65.4 cm³/mol. The lowest BCUT2D eigenvalue weighted by Crippen LogP contribution is -2.26. The predicted octanol–water partition coefficient (Wildman–Crippen LogP) is 2.39. The van der Waals surface area contributed by atoms with E-state index < -0.39 is 18.0 Å². The van der Waals surface area contributed by atoms with E-state index in [2.05, 4.69) is 0 Å². The zero-order valence-corrected chi connectivity index (χ0v) is 10.3. The number of aliphatic hydroxyl groups is 1. The summed E-state index contributed by atoms with van der Waals surface area (Å²) in [6.07, 6.45) is 1.82. The molecule has 0 saturated carbocycles. The first-order valence-corrected chi connectivity index (χ1v) is 5.87. The second-order valence-corrected chi connectivity index (χ2v) is 4.10. The van der Waals surface area contributed by atoms with Crippen molar-refractivity contribution in [1.82, 2.24) is 0 Å². The molecular weight excluding hydrogens is 221 g/mol. The fourth-order valence-electron chi connectivity index (χ4n) is 1.80. The zero-order chi connectivity index (χ0) is 12.8. The fraction of sp³-hybridized carbons (Fsp3) is 0.538. The molecule has 0 bridgehead atoms. The van der Waals surface area contributed by atoms with E-state index >= 15 is 0 Å². The SMILES string of the molecule is CCCC[C@@H](O)[C@@H](N)c1cccc(F)c1OC. The fourth-order valence-corrected chi connectivity index (χ4v) is 1.80. The Morgan fingerprint density at radius 1 is 1.47 bits per heavy atom. The van der Waals surface area contributed by atoms with Gasteiger partial charge in [0.1, 0.15) is 0 Å². The Labute approximate surface area is 101 Å². The second-order valence-electron chi connectivity index (χ2n) is 4.10. The first-order valence-electron chi connectivity index (χ1n) is 5.87. The Hall–Kier alpha value is -1.13. The van der Waals surface area contributed by atoms with Crippen LogP contribution in [0.5, 0.6) is 5.75 Å². The highest BCUT2D eigenvalue weighted by Gasteiger charge is 2.21. The van der Waals surface area contributed by atoms with Crippen LogP contribution in [0.3, 0.4) is 0 Å². The van der Waals surface area contributed by atoms with Crippen molar-refractivity contribution >= 4 is 0 Å². The number of halogens is 1. The average Bonchev–Trinajstić information content (AvgIpc) is 2.34. The molecule has 3 nitrogen and oxygen atoms in total. The number of aliphatic hydroxyl groups excluding tert-OH is 1. The summed E-state index contributed by atoms with van der Waals surface area (Å²) in [5, 5.41) is 9.91. The van der Waals surface area contributed by atoms with Gasteiger partial charge in [0.05, 0.1) is 19.3 Å². The quantitative estimate of drug-likeness (QED) is 0.804. The highest BCUT2D eigenvalue weighted by molar-refractivity contribution is 5.37. The molecule has 1 rings (SSSR count). The van der Waals surface area contributed by atoms with Gasteiger partial charge in [-0.1, -0.05) is 31.9 Å². The maximum atomic E-state index is 13.5. The molecule has 0 aliphatic rings. The summed E-state index contributed by atoms with van der Waals surface area (Å²) in [4.78, 5) is 0. The molecule has 1 aromatic carbocycles. The number of para-hydroxylation sites is 1. The summed E-state index contributed by atoms with van der Waals surface area (Å²) in [5.41, 5.74) is 6.44. The van der Waals surface area contributed by atoms with Gasteiger partial charge in [-0.15, -0.1) is 0 Å². The smallest absolute Gasteiger partial charge is 0.165 e. The molecule has 3 N–H and O–H groups in total. The average molecular weight is 241 g/mol. The van der Waals surface area contributed by atoms with Crippen molar-refractivity contribution < 1.29 is 14.2 Å². The van der Waals surface area contributed by atoms with Crippen LogP contribution in [0, 0.1) is 5.82 Å². The van der Waals surface area contributed by atoms with E-state index in [4.69, 9.17) is 10.5 Å². The Kier molecular flexibility index (Phi) is 5.38. The number of nitrogens with two attached hydrogens (primary N) is 1. The summed E-state index contributed by atoms with van der Waals surface area (Å²) < 4.78 is 18.4. The van der Waals surface area contributed by atoms with Crippen LogP contribution in [0.1, 0.15) is 37.8 Å².